The molecule has 1 amide bonds. The van der Waals surface area contributed by atoms with E-state index in [4.69, 9.17) is 0 Å². The number of amides is 1. The van der Waals surface area contributed by atoms with E-state index in [9.17, 15) is 18.7 Å². The number of nitrogens with zero attached hydrogens (tertiary/aromatic N) is 2. The number of imidazole rings is 1. The molecule has 0 spiro atoms. The van der Waals surface area contributed by atoms with Crippen LogP contribution >= 0.6 is 0 Å². The number of alkyl halides is 2. The van der Waals surface area contributed by atoms with Gasteiger partial charge in [0.2, 0.25) is 11.9 Å². The van der Waals surface area contributed by atoms with Crippen molar-refractivity contribution in [2.24, 2.45) is 11.3 Å². The Labute approximate surface area is 164 Å². The molecule has 2 N–H and O–H groups in total. The maximum Gasteiger partial charge on any atom is 0.252 e. The van der Waals surface area contributed by atoms with E-state index in [1.165, 1.54) is 0 Å². The number of halogens is 2. The molecule has 5 nitrogen and oxygen atoms in total. The van der Waals surface area contributed by atoms with Gasteiger partial charge >= 0.3 is 0 Å². The van der Waals surface area contributed by atoms with Gasteiger partial charge in [0.15, 0.2) is 0 Å². The number of nitrogens with one attached hydrogen (secondary N) is 1. The molecule has 1 aliphatic rings. The SMILES string of the molecule is C[C@H](C(=O)Nc1nc2ccc(C(C)(C)O)cc2n1C1CC(F)(F)C1)C(C)(C)C. The Balaban J connectivity index is 2.05. The highest BCUT2D eigenvalue weighted by atomic mass is 19.3. The normalized spacial score (nSPS) is 18.8. The lowest BCUT2D eigenvalue weighted by molar-refractivity contribution is -0.122. The van der Waals surface area contributed by atoms with Crippen LogP contribution in [-0.4, -0.2) is 26.5 Å². The van der Waals surface area contributed by atoms with Crippen molar-refractivity contribution in [2.75, 3.05) is 5.32 Å². The number of hydrogen-bond acceptors (Lipinski definition) is 3. The zero-order chi connectivity index (χ0) is 21.1. The molecule has 7 heteroatoms. The minimum Gasteiger partial charge on any atom is -0.386 e. The van der Waals surface area contributed by atoms with Gasteiger partial charge < -0.3 is 9.67 Å². The van der Waals surface area contributed by atoms with E-state index in [1.807, 2.05) is 27.7 Å². The van der Waals surface area contributed by atoms with E-state index in [-0.39, 0.29) is 36.0 Å². The fourth-order valence-electron chi connectivity index (χ4n) is 3.36. The number of aromatic nitrogens is 2. The van der Waals surface area contributed by atoms with Crippen molar-refractivity contribution in [1.29, 1.82) is 0 Å². The van der Waals surface area contributed by atoms with E-state index in [0.29, 0.717) is 16.6 Å². The summed E-state index contributed by atoms with van der Waals surface area (Å²) >= 11 is 0. The molecule has 0 radical (unpaired) electrons. The number of anilines is 1. The maximum atomic E-state index is 13.6. The molecule has 0 saturated heterocycles. The van der Waals surface area contributed by atoms with Gasteiger partial charge in [-0.05, 0) is 37.0 Å². The number of aliphatic hydroxyl groups is 1. The van der Waals surface area contributed by atoms with E-state index in [1.54, 1.807) is 36.6 Å². The number of carbonyl (C=O) groups excluding carboxylic acids is 1. The number of carbonyl (C=O) groups is 1. The molecule has 1 atom stereocenters. The molecule has 154 valence electrons. The predicted molar refractivity (Wildman–Crippen MR) is 105 cm³/mol. The molecule has 0 bridgehead atoms. The van der Waals surface area contributed by atoms with Gasteiger partial charge in [-0.3, -0.25) is 10.1 Å². The van der Waals surface area contributed by atoms with Crippen molar-refractivity contribution in [2.45, 2.75) is 71.9 Å². The maximum absolute atomic E-state index is 13.6. The third-order valence-corrected chi connectivity index (χ3v) is 5.76. The Kier molecular flexibility index (Phi) is 4.81. The van der Waals surface area contributed by atoms with Crippen LogP contribution in [0.2, 0.25) is 0 Å². The first kappa shape index (κ1) is 20.7. The number of rotatable bonds is 4. The molecule has 28 heavy (non-hydrogen) atoms. The van der Waals surface area contributed by atoms with Crippen LogP contribution in [0, 0.1) is 11.3 Å². The molecule has 1 aromatic carbocycles. The second kappa shape index (κ2) is 6.51. The van der Waals surface area contributed by atoms with Crippen LogP contribution in [0.1, 0.15) is 66.0 Å². The molecule has 0 aliphatic heterocycles. The first-order valence-electron chi connectivity index (χ1n) is 9.62. The zero-order valence-corrected chi connectivity index (χ0v) is 17.3. The molecule has 1 heterocycles. The Morgan fingerprint density at radius 3 is 2.39 bits per heavy atom. The van der Waals surface area contributed by atoms with E-state index >= 15 is 0 Å². The van der Waals surface area contributed by atoms with Gasteiger partial charge in [-0.1, -0.05) is 33.8 Å². The summed E-state index contributed by atoms with van der Waals surface area (Å²) in [5.41, 5.74) is 0.587. The van der Waals surface area contributed by atoms with Crippen LogP contribution in [0.5, 0.6) is 0 Å². The third kappa shape index (κ3) is 3.90. The van der Waals surface area contributed by atoms with Gasteiger partial charge in [0.1, 0.15) is 0 Å². The van der Waals surface area contributed by atoms with E-state index in [0.717, 1.165) is 0 Å². The second-order valence-electron chi connectivity index (χ2n) is 9.56. The summed E-state index contributed by atoms with van der Waals surface area (Å²) in [7, 11) is 0. The highest BCUT2D eigenvalue weighted by Crippen LogP contribution is 2.48. The molecule has 1 aromatic heterocycles. The van der Waals surface area contributed by atoms with Crippen LogP contribution in [0.15, 0.2) is 18.2 Å². The second-order valence-corrected chi connectivity index (χ2v) is 9.56. The van der Waals surface area contributed by atoms with E-state index in [2.05, 4.69) is 10.3 Å². The Hall–Kier alpha value is -2.02. The first-order chi connectivity index (χ1) is 12.7. The van der Waals surface area contributed by atoms with Crippen molar-refractivity contribution >= 4 is 22.9 Å². The lowest BCUT2D eigenvalue weighted by Gasteiger charge is -2.37. The summed E-state index contributed by atoms with van der Waals surface area (Å²) in [5.74, 6) is -2.90. The van der Waals surface area contributed by atoms with Crippen molar-refractivity contribution in [3.63, 3.8) is 0 Å². The van der Waals surface area contributed by atoms with Crippen LogP contribution in [-0.2, 0) is 10.4 Å². The lowest BCUT2D eigenvalue weighted by atomic mass is 9.81. The fourth-order valence-corrected chi connectivity index (χ4v) is 3.36. The zero-order valence-electron chi connectivity index (χ0n) is 17.3. The molecule has 1 aliphatic carbocycles. The largest absolute Gasteiger partial charge is 0.386 e. The number of fused-ring (bicyclic) bond motifs is 1. The third-order valence-electron chi connectivity index (χ3n) is 5.76. The standard InChI is InChI=1S/C21H29F2N3O2/c1-12(19(2,3)4)17(27)25-18-24-15-8-7-13(20(5,6)28)9-16(15)26(18)14-10-21(22,23)11-14/h7-9,12,14,28H,10-11H2,1-6H3,(H,24,25,27)/t12-/m1/s1. The van der Waals surface area contributed by atoms with Crippen molar-refractivity contribution in [3.05, 3.63) is 23.8 Å². The van der Waals surface area contributed by atoms with Crippen LogP contribution in [0.25, 0.3) is 11.0 Å². The van der Waals surface area contributed by atoms with Crippen molar-refractivity contribution in [1.82, 2.24) is 9.55 Å². The van der Waals surface area contributed by atoms with Crippen molar-refractivity contribution in [3.8, 4) is 0 Å². The number of benzene rings is 1. The molecular weight excluding hydrogens is 364 g/mol. The van der Waals surface area contributed by atoms with Gasteiger partial charge in [0.05, 0.1) is 16.6 Å². The van der Waals surface area contributed by atoms with Gasteiger partial charge in [0, 0.05) is 24.8 Å². The van der Waals surface area contributed by atoms with Crippen molar-refractivity contribution < 1.29 is 18.7 Å². The molecular formula is C21H29F2N3O2. The van der Waals surface area contributed by atoms with Gasteiger partial charge in [-0.15, -0.1) is 0 Å². The first-order valence-corrected chi connectivity index (χ1v) is 9.62. The van der Waals surface area contributed by atoms with E-state index < -0.39 is 17.6 Å². The topological polar surface area (TPSA) is 67.2 Å². The highest BCUT2D eigenvalue weighted by Gasteiger charge is 2.47. The van der Waals surface area contributed by atoms with Gasteiger partial charge in [-0.25, -0.2) is 13.8 Å². The fraction of sp³-hybridized carbons (Fsp3) is 0.619. The lowest BCUT2D eigenvalue weighted by Crippen LogP contribution is -2.38. The quantitative estimate of drug-likeness (QED) is 0.780. The average molecular weight is 393 g/mol. The smallest absolute Gasteiger partial charge is 0.252 e. The minimum atomic E-state index is -2.70. The Morgan fingerprint density at radius 1 is 1.29 bits per heavy atom. The molecule has 1 saturated carbocycles. The number of hydrogen-bond donors (Lipinski definition) is 2. The predicted octanol–water partition coefficient (Wildman–Crippen LogP) is 4.85. The monoisotopic (exact) mass is 393 g/mol. The minimum absolute atomic E-state index is 0.196. The molecule has 2 aromatic rings. The van der Waals surface area contributed by atoms with Gasteiger partial charge in [-0.2, -0.15) is 0 Å². The Morgan fingerprint density at radius 2 is 1.89 bits per heavy atom. The summed E-state index contributed by atoms with van der Waals surface area (Å²) in [5, 5.41) is 13.2. The summed E-state index contributed by atoms with van der Waals surface area (Å²) in [6.07, 6.45) is -0.578. The summed E-state index contributed by atoms with van der Waals surface area (Å²) < 4.78 is 28.8. The van der Waals surface area contributed by atoms with Crippen LogP contribution < -0.4 is 5.32 Å². The molecule has 1 fully saturated rings. The Bertz CT molecular complexity index is 899. The summed E-state index contributed by atoms with van der Waals surface area (Å²) in [6.45, 7) is 11.1. The van der Waals surface area contributed by atoms with Crippen LogP contribution in [0.4, 0.5) is 14.7 Å². The summed E-state index contributed by atoms with van der Waals surface area (Å²) in [4.78, 5) is 17.2. The molecule has 0 unspecified atom stereocenters. The average Bonchev–Trinajstić information content (AvgIpc) is 2.86. The molecule has 3 rings (SSSR count). The summed E-state index contributed by atoms with van der Waals surface area (Å²) in [6, 6.07) is 4.83. The highest BCUT2D eigenvalue weighted by molar-refractivity contribution is 5.93. The van der Waals surface area contributed by atoms with Crippen LogP contribution in [0.3, 0.4) is 0 Å². The van der Waals surface area contributed by atoms with Gasteiger partial charge in [0.25, 0.3) is 5.92 Å².